The summed E-state index contributed by atoms with van der Waals surface area (Å²) in [4.78, 5) is -0.403. The Morgan fingerprint density at radius 1 is 1.50 bits per heavy atom. The van der Waals surface area contributed by atoms with Gasteiger partial charge >= 0.3 is 0 Å². The lowest BCUT2D eigenvalue weighted by Gasteiger charge is -2.10. The average Bonchev–Trinajstić information content (AvgIpc) is 2.31. The molecular formula is C11H17FN2O2S2. The van der Waals surface area contributed by atoms with Gasteiger partial charge in [0.15, 0.2) is 0 Å². The van der Waals surface area contributed by atoms with Crippen molar-refractivity contribution in [2.45, 2.75) is 23.5 Å². The lowest BCUT2D eigenvalue weighted by molar-refractivity contribution is 0.555. The number of hydrogen-bond donors (Lipinski definition) is 2. The van der Waals surface area contributed by atoms with Crippen LogP contribution in [0, 0.1) is 5.82 Å². The molecule has 0 aliphatic carbocycles. The highest BCUT2D eigenvalue weighted by Crippen LogP contribution is 2.17. The molecule has 0 fully saturated rings. The monoisotopic (exact) mass is 292 g/mol. The molecule has 0 aromatic heterocycles. The Bertz CT molecular complexity index is 506. The van der Waals surface area contributed by atoms with Gasteiger partial charge in [-0.3, -0.25) is 0 Å². The third kappa shape index (κ3) is 4.15. The molecule has 0 radical (unpaired) electrons. The van der Waals surface area contributed by atoms with Crippen LogP contribution < -0.4 is 10.5 Å². The van der Waals surface area contributed by atoms with Crippen LogP contribution in [0.25, 0.3) is 0 Å². The number of rotatable bonds is 6. The third-order valence-corrected chi connectivity index (χ3v) is 5.01. The zero-order valence-corrected chi connectivity index (χ0v) is 11.9. The minimum Gasteiger partial charge on any atom is -0.399 e. The van der Waals surface area contributed by atoms with Crippen LogP contribution in [-0.4, -0.2) is 26.5 Å². The van der Waals surface area contributed by atoms with Crippen LogP contribution in [0.1, 0.15) is 13.3 Å². The van der Waals surface area contributed by atoms with Crippen molar-refractivity contribution in [1.29, 1.82) is 0 Å². The average molecular weight is 292 g/mol. The van der Waals surface area contributed by atoms with Gasteiger partial charge in [-0.05, 0) is 30.9 Å². The van der Waals surface area contributed by atoms with Crippen LogP contribution in [0.5, 0.6) is 0 Å². The molecule has 0 aliphatic heterocycles. The second-order valence-electron chi connectivity index (χ2n) is 3.92. The number of nitrogens with one attached hydrogen (secondary N) is 1. The maximum atomic E-state index is 13.4. The third-order valence-electron chi connectivity index (χ3n) is 2.49. The van der Waals surface area contributed by atoms with Crippen molar-refractivity contribution in [3.63, 3.8) is 0 Å². The molecule has 0 bridgehead atoms. The number of nitrogen functional groups attached to an aromatic ring is 1. The molecule has 0 heterocycles. The Morgan fingerprint density at radius 2 is 2.17 bits per heavy atom. The second-order valence-corrected chi connectivity index (χ2v) is 6.93. The summed E-state index contributed by atoms with van der Waals surface area (Å²) in [6.07, 6.45) is 2.64. The Morgan fingerprint density at radius 3 is 2.78 bits per heavy atom. The van der Waals surface area contributed by atoms with Crippen molar-refractivity contribution in [2.75, 3.05) is 18.5 Å². The number of anilines is 1. The van der Waals surface area contributed by atoms with Crippen molar-refractivity contribution in [1.82, 2.24) is 4.72 Å². The number of thioether (sulfide) groups is 1. The molecule has 0 amide bonds. The normalized spacial score (nSPS) is 13.5. The van der Waals surface area contributed by atoms with Crippen molar-refractivity contribution >= 4 is 27.5 Å². The zero-order valence-electron chi connectivity index (χ0n) is 10.3. The van der Waals surface area contributed by atoms with Gasteiger partial charge in [-0.1, -0.05) is 6.92 Å². The summed E-state index contributed by atoms with van der Waals surface area (Å²) in [6.45, 7) is 2.28. The van der Waals surface area contributed by atoms with Gasteiger partial charge in [0.1, 0.15) is 10.7 Å². The fourth-order valence-electron chi connectivity index (χ4n) is 1.32. The molecule has 3 N–H and O–H groups in total. The van der Waals surface area contributed by atoms with E-state index in [2.05, 4.69) is 4.72 Å². The molecular weight excluding hydrogens is 275 g/mol. The van der Waals surface area contributed by atoms with Gasteiger partial charge < -0.3 is 5.73 Å². The van der Waals surface area contributed by atoms with E-state index in [9.17, 15) is 12.8 Å². The molecule has 0 saturated carbocycles. The van der Waals surface area contributed by atoms with Gasteiger partial charge in [-0.2, -0.15) is 11.8 Å². The van der Waals surface area contributed by atoms with E-state index in [-0.39, 0.29) is 12.2 Å². The molecule has 0 aliphatic rings. The fraction of sp³-hybridized carbons (Fsp3) is 0.455. The molecule has 1 atom stereocenters. The number of sulfonamides is 1. The smallest absolute Gasteiger partial charge is 0.243 e. The molecule has 18 heavy (non-hydrogen) atoms. The van der Waals surface area contributed by atoms with Crippen LogP contribution in [-0.2, 0) is 10.0 Å². The first-order valence-corrected chi connectivity index (χ1v) is 8.21. The first-order valence-electron chi connectivity index (χ1n) is 5.44. The zero-order chi connectivity index (χ0) is 13.8. The van der Waals surface area contributed by atoms with Gasteiger partial charge in [0.2, 0.25) is 10.0 Å². The molecule has 1 rings (SSSR count). The maximum Gasteiger partial charge on any atom is 0.243 e. The van der Waals surface area contributed by atoms with Gasteiger partial charge in [0.05, 0.1) is 0 Å². The standard InChI is InChI=1S/C11H17FN2O2S2/c1-8(17-2)5-6-14-18(15,16)11-7-9(13)3-4-10(11)12/h3-4,7-8,14H,5-6,13H2,1-2H3. The van der Waals surface area contributed by atoms with E-state index >= 15 is 0 Å². The van der Waals surface area contributed by atoms with Crippen LogP contribution in [0.4, 0.5) is 10.1 Å². The Labute approximate surface area is 111 Å². The van der Waals surface area contributed by atoms with Crippen molar-refractivity contribution in [3.8, 4) is 0 Å². The van der Waals surface area contributed by atoms with Gasteiger partial charge in [0.25, 0.3) is 0 Å². The van der Waals surface area contributed by atoms with E-state index in [1.807, 2.05) is 13.2 Å². The molecule has 1 unspecified atom stereocenters. The summed E-state index contributed by atoms with van der Waals surface area (Å²) < 4.78 is 39.5. The summed E-state index contributed by atoms with van der Waals surface area (Å²) in [5, 5.41) is 0.346. The lowest BCUT2D eigenvalue weighted by atomic mass is 10.3. The highest BCUT2D eigenvalue weighted by molar-refractivity contribution is 7.99. The predicted octanol–water partition coefficient (Wildman–Crippen LogP) is 1.83. The van der Waals surface area contributed by atoms with E-state index in [1.54, 1.807) is 11.8 Å². The molecule has 1 aromatic rings. The van der Waals surface area contributed by atoms with Crippen molar-refractivity contribution in [3.05, 3.63) is 24.0 Å². The Balaban J connectivity index is 2.77. The summed E-state index contributed by atoms with van der Waals surface area (Å²) in [7, 11) is -3.83. The SMILES string of the molecule is CSC(C)CCNS(=O)(=O)c1cc(N)ccc1F. The molecule has 102 valence electrons. The highest BCUT2D eigenvalue weighted by atomic mass is 32.2. The maximum absolute atomic E-state index is 13.4. The lowest BCUT2D eigenvalue weighted by Crippen LogP contribution is -2.27. The minimum absolute atomic E-state index is 0.217. The summed E-state index contributed by atoms with van der Waals surface area (Å²) in [5.41, 5.74) is 5.68. The molecule has 0 spiro atoms. The van der Waals surface area contributed by atoms with Crippen molar-refractivity contribution in [2.24, 2.45) is 0 Å². The summed E-state index contributed by atoms with van der Waals surface area (Å²) >= 11 is 1.65. The van der Waals surface area contributed by atoms with Gasteiger partial charge in [-0.25, -0.2) is 17.5 Å². The van der Waals surface area contributed by atoms with Crippen LogP contribution >= 0.6 is 11.8 Å². The van der Waals surface area contributed by atoms with E-state index in [0.717, 1.165) is 12.1 Å². The fourth-order valence-corrected chi connectivity index (χ4v) is 2.83. The quantitative estimate of drug-likeness (QED) is 0.785. The van der Waals surface area contributed by atoms with Crippen LogP contribution in [0.3, 0.4) is 0 Å². The Hall–Kier alpha value is -0.790. The minimum atomic E-state index is -3.83. The van der Waals surface area contributed by atoms with E-state index in [4.69, 9.17) is 5.73 Å². The Kier molecular flexibility index (Phi) is 5.43. The molecule has 7 heteroatoms. The number of benzene rings is 1. The topological polar surface area (TPSA) is 72.2 Å². The highest BCUT2D eigenvalue weighted by Gasteiger charge is 2.19. The van der Waals surface area contributed by atoms with Gasteiger partial charge in [0, 0.05) is 17.5 Å². The van der Waals surface area contributed by atoms with E-state index in [1.165, 1.54) is 6.07 Å². The molecule has 0 saturated heterocycles. The second kappa shape index (κ2) is 6.40. The predicted molar refractivity (Wildman–Crippen MR) is 73.6 cm³/mol. The van der Waals surface area contributed by atoms with E-state index in [0.29, 0.717) is 11.7 Å². The number of nitrogens with two attached hydrogens (primary N) is 1. The first-order chi connectivity index (χ1) is 8.36. The summed E-state index contributed by atoms with van der Waals surface area (Å²) in [5.74, 6) is -0.797. The number of hydrogen-bond acceptors (Lipinski definition) is 4. The number of halogens is 1. The first kappa shape index (κ1) is 15.3. The van der Waals surface area contributed by atoms with E-state index < -0.39 is 20.7 Å². The van der Waals surface area contributed by atoms with Crippen LogP contribution in [0.15, 0.2) is 23.1 Å². The van der Waals surface area contributed by atoms with Crippen molar-refractivity contribution < 1.29 is 12.8 Å². The largest absolute Gasteiger partial charge is 0.399 e. The van der Waals surface area contributed by atoms with Gasteiger partial charge in [-0.15, -0.1) is 0 Å². The summed E-state index contributed by atoms with van der Waals surface area (Å²) in [6, 6.07) is 3.49. The molecule has 1 aromatic carbocycles. The van der Waals surface area contributed by atoms with Crippen LogP contribution in [0.2, 0.25) is 0 Å². The molecule has 4 nitrogen and oxygen atoms in total.